The van der Waals surface area contributed by atoms with Crippen molar-refractivity contribution in [1.29, 1.82) is 0 Å². The Morgan fingerprint density at radius 2 is 2.12 bits per heavy atom. The van der Waals surface area contributed by atoms with Gasteiger partial charge in [-0.05, 0) is 42.3 Å². The number of likely N-dealkylation sites (N-methyl/N-ethyl adjacent to an activating group) is 1. The molecule has 3 rings (SSSR count). The van der Waals surface area contributed by atoms with Gasteiger partial charge in [-0.15, -0.1) is 11.3 Å². The Morgan fingerprint density at radius 1 is 1.33 bits per heavy atom. The molecule has 0 radical (unpaired) electrons. The van der Waals surface area contributed by atoms with Gasteiger partial charge in [0.25, 0.3) is 0 Å². The van der Waals surface area contributed by atoms with Gasteiger partial charge in [0.05, 0.1) is 16.9 Å². The van der Waals surface area contributed by atoms with Crippen LogP contribution < -0.4 is 10.6 Å². The number of carbonyl (C=O) groups is 2. The number of carboxylic acids is 1. The lowest BCUT2D eigenvalue weighted by molar-refractivity contribution is -0.139. The molecule has 0 atom stereocenters. The number of nitrogens with zero attached hydrogens (tertiary/aromatic N) is 1. The van der Waals surface area contributed by atoms with Gasteiger partial charge < -0.3 is 15.7 Å². The molecule has 1 aliphatic carbocycles. The largest absolute Gasteiger partial charge is 0.480 e. The molecular weight excluding hydrogens is 326 g/mol. The number of aliphatic carboxylic acids is 1. The lowest BCUT2D eigenvalue weighted by atomic mass is 9.85. The van der Waals surface area contributed by atoms with E-state index in [0.717, 1.165) is 28.6 Å². The van der Waals surface area contributed by atoms with Gasteiger partial charge in [0, 0.05) is 12.1 Å². The summed E-state index contributed by atoms with van der Waals surface area (Å²) in [5, 5.41) is 17.9. The molecule has 1 fully saturated rings. The molecule has 24 heavy (non-hydrogen) atoms. The number of rotatable bonds is 6. The highest BCUT2D eigenvalue weighted by Crippen LogP contribution is 2.29. The first-order chi connectivity index (χ1) is 11.6. The van der Waals surface area contributed by atoms with Crippen LogP contribution in [0.25, 0.3) is 10.1 Å². The highest BCUT2D eigenvalue weighted by Gasteiger charge is 2.34. The van der Waals surface area contributed by atoms with E-state index in [0.29, 0.717) is 6.54 Å². The van der Waals surface area contributed by atoms with E-state index in [1.54, 1.807) is 11.3 Å². The van der Waals surface area contributed by atoms with E-state index >= 15 is 0 Å². The van der Waals surface area contributed by atoms with Crippen LogP contribution in [-0.4, -0.2) is 47.2 Å². The molecule has 6 nitrogen and oxygen atoms in total. The molecule has 1 heterocycles. The lowest BCUT2D eigenvalue weighted by Crippen LogP contribution is -2.55. The Morgan fingerprint density at radius 3 is 2.83 bits per heavy atom. The quantitative estimate of drug-likeness (QED) is 0.750. The summed E-state index contributed by atoms with van der Waals surface area (Å²) in [6, 6.07) is 8.00. The average Bonchev–Trinajstić information content (AvgIpc) is 2.98. The number of anilines is 1. The maximum atomic E-state index is 12.2. The summed E-state index contributed by atoms with van der Waals surface area (Å²) < 4.78 is 1.07. The molecule has 1 aromatic heterocycles. The van der Waals surface area contributed by atoms with Gasteiger partial charge in [0.1, 0.15) is 0 Å². The van der Waals surface area contributed by atoms with Crippen molar-refractivity contribution in [3.8, 4) is 0 Å². The number of benzene rings is 1. The summed E-state index contributed by atoms with van der Waals surface area (Å²) in [6.45, 7) is 2.72. The molecule has 2 amide bonds. The number of hydrogen-bond acceptors (Lipinski definition) is 4. The van der Waals surface area contributed by atoms with Crippen LogP contribution in [0.5, 0.6) is 0 Å². The third-order valence-electron chi connectivity index (χ3n) is 4.44. The van der Waals surface area contributed by atoms with E-state index in [9.17, 15) is 9.59 Å². The second-order valence-corrected chi connectivity index (χ2v) is 6.94. The molecule has 1 saturated carbocycles. The molecule has 3 N–H and O–H groups in total. The van der Waals surface area contributed by atoms with Gasteiger partial charge >= 0.3 is 12.0 Å². The zero-order valence-electron chi connectivity index (χ0n) is 13.5. The van der Waals surface area contributed by atoms with Gasteiger partial charge in [-0.25, -0.2) is 4.79 Å². The minimum atomic E-state index is -0.810. The molecule has 128 valence electrons. The maximum Gasteiger partial charge on any atom is 0.319 e. The topological polar surface area (TPSA) is 81.7 Å². The van der Waals surface area contributed by atoms with Gasteiger partial charge in [0.2, 0.25) is 0 Å². The molecule has 2 aromatic rings. The van der Waals surface area contributed by atoms with E-state index in [-0.39, 0.29) is 24.7 Å². The van der Waals surface area contributed by atoms with Gasteiger partial charge in [-0.2, -0.15) is 0 Å². The number of carbonyl (C=O) groups excluding carboxylic acids is 1. The second-order valence-electron chi connectivity index (χ2n) is 6.02. The van der Waals surface area contributed by atoms with Gasteiger partial charge in [-0.1, -0.05) is 19.1 Å². The van der Waals surface area contributed by atoms with Crippen molar-refractivity contribution < 1.29 is 14.7 Å². The molecule has 1 aliphatic rings. The number of fused-ring (bicyclic) bond motifs is 1. The zero-order chi connectivity index (χ0) is 17.1. The van der Waals surface area contributed by atoms with Crippen molar-refractivity contribution >= 4 is 39.1 Å². The number of carboxylic acid groups (broad SMARTS) is 1. The van der Waals surface area contributed by atoms with Crippen molar-refractivity contribution in [2.75, 3.05) is 18.4 Å². The summed E-state index contributed by atoms with van der Waals surface area (Å²) in [5.41, 5.74) is 0.817. The van der Waals surface area contributed by atoms with Crippen LogP contribution in [-0.2, 0) is 4.79 Å². The number of nitrogens with one attached hydrogen (secondary N) is 2. The number of hydrogen-bond donors (Lipinski definition) is 3. The summed E-state index contributed by atoms with van der Waals surface area (Å²) >= 11 is 1.60. The predicted octanol–water partition coefficient (Wildman–Crippen LogP) is 2.96. The van der Waals surface area contributed by atoms with Crippen LogP contribution in [0.15, 0.2) is 29.6 Å². The smallest absolute Gasteiger partial charge is 0.319 e. The number of thiophene rings is 1. The van der Waals surface area contributed by atoms with E-state index in [4.69, 9.17) is 5.11 Å². The van der Waals surface area contributed by atoms with Crippen LogP contribution in [0.4, 0.5) is 10.5 Å². The molecule has 0 saturated heterocycles. The Balaban J connectivity index is 1.50. The summed E-state index contributed by atoms with van der Waals surface area (Å²) in [5.74, 6) is -0.810. The normalized spacial score (nSPS) is 19.9. The Kier molecular flexibility index (Phi) is 5.01. The Bertz CT molecular complexity index is 740. The molecule has 0 bridgehead atoms. The van der Waals surface area contributed by atoms with Gasteiger partial charge in [-0.3, -0.25) is 9.69 Å². The van der Waals surface area contributed by atoms with E-state index in [1.807, 2.05) is 41.5 Å². The zero-order valence-corrected chi connectivity index (χ0v) is 14.3. The van der Waals surface area contributed by atoms with Crippen molar-refractivity contribution in [3.63, 3.8) is 0 Å². The van der Waals surface area contributed by atoms with Crippen LogP contribution in [0, 0.1) is 0 Å². The molecule has 0 unspecified atom stereocenters. The fraction of sp³-hybridized carbons (Fsp3) is 0.412. The maximum absolute atomic E-state index is 12.2. The van der Waals surface area contributed by atoms with Crippen LogP contribution in [0.3, 0.4) is 0 Å². The highest BCUT2D eigenvalue weighted by molar-refractivity contribution is 7.17. The minimum absolute atomic E-state index is 0.0560. The minimum Gasteiger partial charge on any atom is -0.480 e. The molecule has 0 aliphatic heterocycles. The standard InChI is InChI=1S/C17H21N3O3S/c1-2-20(10-15(21)22)13-8-12(9-13)18-17(23)19-14-5-3-4-11-6-7-24-16(11)14/h3-7,12-13H,2,8-10H2,1H3,(H,21,22)(H2,18,19,23). The summed E-state index contributed by atoms with van der Waals surface area (Å²) in [7, 11) is 0. The average molecular weight is 347 g/mol. The second kappa shape index (κ2) is 7.19. The third kappa shape index (κ3) is 3.68. The Hall–Kier alpha value is -2.12. The first-order valence-corrected chi connectivity index (χ1v) is 8.94. The van der Waals surface area contributed by atoms with E-state index in [1.165, 1.54) is 0 Å². The fourth-order valence-corrected chi connectivity index (χ4v) is 3.98. The third-order valence-corrected chi connectivity index (χ3v) is 5.40. The molecule has 7 heteroatoms. The van der Waals surface area contributed by atoms with Crippen LogP contribution >= 0.6 is 11.3 Å². The van der Waals surface area contributed by atoms with Crippen molar-refractivity contribution in [3.05, 3.63) is 29.6 Å². The first-order valence-electron chi connectivity index (χ1n) is 8.06. The van der Waals surface area contributed by atoms with E-state index < -0.39 is 5.97 Å². The molecule has 0 spiro atoms. The van der Waals surface area contributed by atoms with Crippen LogP contribution in [0.2, 0.25) is 0 Å². The molecular formula is C17H21N3O3S. The van der Waals surface area contributed by atoms with Crippen molar-refractivity contribution in [2.45, 2.75) is 31.8 Å². The first kappa shape index (κ1) is 16.7. The SMILES string of the molecule is CCN(CC(=O)O)C1CC(NC(=O)Nc2cccc3ccsc23)C1. The van der Waals surface area contributed by atoms with E-state index in [2.05, 4.69) is 10.6 Å². The van der Waals surface area contributed by atoms with Crippen LogP contribution in [0.1, 0.15) is 19.8 Å². The monoisotopic (exact) mass is 347 g/mol. The molecule has 1 aromatic carbocycles. The summed E-state index contributed by atoms with van der Waals surface area (Å²) in [6.07, 6.45) is 1.58. The van der Waals surface area contributed by atoms with Crippen molar-refractivity contribution in [2.24, 2.45) is 0 Å². The Labute approximate surface area is 144 Å². The number of urea groups is 1. The number of amides is 2. The predicted molar refractivity (Wildman–Crippen MR) is 95.7 cm³/mol. The lowest BCUT2D eigenvalue weighted by Gasteiger charge is -2.42. The summed E-state index contributed by atoms with van der Waals surface area (Å²) in [4.78, 5) is 25.0. The van der Waals surface area contributed by atoms with Crippen molar-refractivity contribution in [1.82, 2.24) is 10.2 Å². The highest BCUT2D eigenvalue weighted by atomic mass is 32.1. The fourth-order valence-electron chi connectivity index (χ4n) is 3.11. The van der Waals surface area contributed by atoms with Gasteiger partial charge in [0.15, 0.2) is 0 Å².